The van der Waals surface area contributed by atoms with Crippen molar-refractivity contribution in [2.24, 2.45) is 0 Å². The van der Waals surface area contributed by atoms with E-state index in [1.807, 2.05) is 18.2 Å². The summed E-state index contributed by atoms with van der Waals surface area (Å²) in [6.07, 6.45) is 0. The van der Waals surface area contributed by atoms with E-state index < -0.39 is 4.92 Å². The molecule has 0 aromatic heterocycles. The van der Waals surface area contributed by atoms with Crippen LogP contribution in [-0.4, -0.2) is 4.92 Å². The molecule has 3 aromatic rings. The second kappa shape index (κ2) is 8.64. The predicted octanol–water partition coefficient (Wildman–Crippen LogP) is 5.69. The third kappa shape index (κ3) is 5.27. The van der Waals surface area contributed by atoms with Gasteiger partial charge in [0, 0.05) is 24.4 Å². The van der Waals surface area contributed by atoms with Gasteiger partial charge < -0.3 is 10.1 Å². The number of ether oxygens (including phenoxy) is 1. The minimum absolute atomic E-state index is 0.0536. The fraction of sp³-hybridized carbons (Fsp3) is 0.100. The average molecular weight is 431 g/mol. The number of halogens is 2. The molecule has 138 valence electrons. The average Bonchev–Trinajstić information content (AvgIpc) is 2.67. The van der Waals surface area contributed by atoms with Crippen molar-refractivity contribution < 1.29 is 14.1 Å². The van der Waals surface area contributed by atoms with Crippen molar-refractivity contribution in [3.05, 3.63) is 98.3 Å². The van der Waals surface area contributed by atoms with Crippen molar-refractivity contribution in [2.75, 3.05) is 5.32 Å². The molecule has 0 radical (unpaired) electrons. The molecular weight excluding hydrogens is 415 g/mol. The Morgan fingerprint density at radius 2 is 1.67 bits per heavy atom. The Labute approximate surface area is 164 Å². The summed E-state index contributed by atoms with van der Waals surface area (Å²) in [5, 5.41) is 13.9. The monoisotopic (exact) mass is 430 g/mol. The van der Waals surface area contributed by atoms with Crippen molar-refractivity contribution in [1.82, 2.24) is 0 Å². The molecule has 0 atom stereocenters. The van der Waals surface area contributed by atoms with E-state index in [0.717, 1.165) is 21.3 Å². The number of nitro benzene ring substituents is 1. The third-order valence-corrected chi connectivity index (χ3v) is 4.50. The summed E-state index contributed by atoms with van der Waals surface area (Å²) in [6.45, 7) is 0.899. The molecular formula is C20H16BrFN2O3. The number of benzene rings is 3. The van der Waals surface area contributed by atoms with Crippen LogP contribution in [0.1, 0.15) is 11.1 Å². The molecule has 0 spiro atoms. The van der Waals surface area contributed by atoms with E-state index in [1.54, 1.807) is 24.3 Å². The maximum atomic E-state index is 12.9. The topological polar surface area (TPSA) is 64.4 Å². The molecule has 5 nitrogen and oxygen atoms in total. The Balaban J connectivity index is 1.57. The normalized spacial score (nSPS) is 10.4. The summed E-state index contributed by atoms with van der Waals surface area (Å²) in [5.74, 6) is 0.414. The first-order valence-electron chi connectivity index (χ1n) is 8.15. The lowest BCUT2D eigenvalue weighted by Gasteiger charge is -2.11. The summed E-state index contributed by atoms with van der Waals surface area (Å²) < 4.78 is 19.5. The lowest BCUT2D eigenvalue weighted by molar-refractivity contribution is -0.384. The molecule has 0 amide bonds. The molecule has 3 rings (SSSR count). The molecule has 0 unspecified atom stereocenters. The van der Waals surface area contributed by atoms with Gasteiger partial charge in [-0.3, -0.25) is 10.1 Å². The summed E-state index contributed by atoms with van der Waals surface area (Å²) in [4.78, 5) is 10.2. The van der Waals surface area contributed by atoms with Crippen molar-refractivity contribution in [2.45, 2.75) is 13.2 Å². The lowest BCUT2D eigenvalue weighted by atomic mass is 10.2. The molecule has 0 aliphatic heterocycles. The van der Waals surface area contributed by atoms with Crippen LogP contribution in [0.3, 0.4) is 0 Å². The standard InChI is InChI=1S/C20H16BrFN2O3/c21-19-11-15(12-23-17-6-4-16(22)5-7-17)3-10-20(19)27-13-14-1-8-18(9-2-14)24(25)26/h1-11,23H,12-13H2. The van der Waals surface area contributed by atoms with Crippen LogP contribution in [0.25, 0.3) is 0 Å². The molecule has 27 heavy (non-hydrogen) atoms. The lowest BCUT2D eigenvalue weighted by Crippen LogP contribution is -2.01. The van der Waals surface area contributed by atoms with Gasteiger partial charge in [-0.15, -0.1) is 0 Å². The maximum Gasteiger partial charge on any atom is 0.269 e. The Morgan fingerprint density at radius 3 is 2.30 bits per heavy atom. The zero-order valence-corrected chi connectivity index (χ0v) is 15.8. The number of nitro groups is 1. The van der Waals surface area contributed by atoms with Gasteiger partial charge in [0.1, 0.15) is 18.2 Å². The first-order valence-corrected chi connectivity index (χ1v) is 8.94. The maximum absolute atomic E-state index is 12.9. The van der Waals surface area contributed by atoms with E-state index in [4.69, 9.17) is 4.74 Å². The van der Waals surface area contributed by atoms with E-state index in [1.165, 1.54) is 24.3 Å². The van der Waals surface area contributed by atoms with Gasteiger partial charge in [-0.25, -0.2) is 4.39 Å². The molecule has 0 heterocycles. The van der Waals surface area contributed by atoms with E-state index >= 15 is 0 Å². The second-order valence-electron chi connectivity index (χ2n) is 5.84. The smallest absolute Gasteiger partial charge is 0.269 e. The zero-order valence-electron chi connectivity index (χ0n) is 14.2. The van der Waals surface area contributed by atoms with Crippen molar-refractivity contribution in [3.8, 4) is 5.75 Å². The highest BCUT2D eigenvalue weighted by Gasteiger charge is 2.06. The Kier molecular flexibility index (Phi) is 6.03. The molecule has 0 aliphatic rings. The number of nitrogens with one attached hydrogen (secondary N) is 1. The molecule has 1 N–H and O–H groups in total. The van der Waals surface area contributed by atoms with Crippen molar-refractivity contribution in [1.29, 1.82) is 0 Å². The summed E-state index contributed by atoms with van der Waals surface area (Å²) >= 11 is 3.50. The van der Waals surface area contributed by atoms with Crippen LogP contribution in [0, 0.1) is 15.9 Å². The van der Waals surface area contributed by atoms with Gasteiger partial charge in [-0.1, -0.05) is 6.07 Å². The first kappa shape index (κ1) is 18.8. The quantitative estimate of drug-likeness (QED) is 0.386. The number of hydrogen-bond acceptors (Lipinski definition) is 4. The number of rotatable bonds is 7. The van der Waals surface area contributed by atoms with E-state index in [0.29, 0.717) is 18.9 Å². The highest BCUT2D eigenvalue weighted by Crippen LogP contribution is 2.27. The first-order chi connectivity index (χ1) is 13.0. The number of hydrogen-bond donors (Lipinski definition) is 1. The number of nitrogens with zero attached hydrogens (tertiary/aromatic N) is 1. The van der Waals surface area contributed by atoms with Gasteiger partial charge in [0.05, 0.1) is 9.40 Å². The van der Waals surface area contributed by atoms with Gasteiger partial charge in [0.2, 0.25) is 0 Å². The largest absolute Gasteiger partial charge is 0.488 e. The third-order valence-electron chi connectivity index (χ3n) is 3.88. The van der Waals surface area contributed by atoms with Crippen LogP contribution in [0.5, 0.6) is 5.75 Å². The second-order valence-corrected chi connectivity index (χ2v) is 6.69. The van der Waals surface area contributed by atoms with Gasteiger partial charge in [-0.2, -0.15) is 0 Å². The van der Waals surface area contributed by atoms with E-state index in [2.05, 4.69) is 21.2 Å². The molecule has 3 aromatic carbocycles. The number of anilines is 1. The summed E-state index contributed by atoms with van der Waals surface area (Å²) in [5.41, 5.74) is 2.77. The summed E-state index contributed by atoms with van der Waals surface area (Å²) in [6, 6.07) is 18.2. The van der Waals surface area contributed by atoms with Crippen LogP contribution in [0.4, 0.5) is 15.8 Å². The van der Waals surface area contributed by atoms with Crippen LogP contribution in [-0.2, 0) is 13.2 Å². The SMILES string of the molecule is O=[N+]([O-])c1ccc(COc2ccc(CNc3ccc(F)cc3)cc2Br)cc1. The number of non-ortho nitro benzene ring substituents is 1. The summed E-state index contributed by atoms with van der Waals surface area (Å²) in [7, 11) is 0. The molecule has 0 bridgehead atoms. The molecule has 0 aliphatic carbocycles. The van der Waals surface area contributed by atoms with Crippen LogP contribution in [0.2, 0.25) is 0 Å². The van der Waals surface area contributed by atoms with Crippen LogP contribution in [0.15, 0.2) is 71.2 Å². The fourth-order valence-electron chi connectivity index (χ4n) is 2.42. The fourth-order valence-corrected chi connectivity index (χ4v) is 2.96. The van der Waals surface area contributed by atoms with Crippen LogP contribution < -0.4 is 10.1 Å². The van der Waals surface area contributed by atoms with Crippen LogP contribution >= 0.6 is 15.9 Å². The zero-order chi connectivity index (χ0) is 19.2. The molecule has 0 saturated carbocycles. The van der Waals surface area contributed by atoms with E-state index in [9.17, 15) is 14.5 Å². The Hall–Kier alpha value is -2.93. The highest BCUT2D eigenvalue weighted by molar-refractivity contribution is 9.10. The predicted molar refractivity (Wildman–Crippen MR) is 105 cm³/mol. The molecule has 7 heteroatoms. The van der Waals surface area contributed by atoms with Gasteiger partial charge >= 0.3 is 0 Å². The Bertz CT molecular complexity index is 931. The molecule has 0 fully saturated rings. The minimum atomic E-state index is -0.431. The van der Waals surface area contributed by atoms with Gasteiger partial charge in [0.15, 0.2) is 0 Å². The molecule has 0 saturated heterocycles. The van der Waals surface area contributed by atoms with Crippen molar-refractivity contribution in [3.63, 3.8) is 0 Å². The Morgan fingerprint density at radius 1 is 1.00 bits per heavy atom. The highest BCUT2D eigenvalue weighted by atomic mass is 79.9. The minimum Gasteiger partial charge on any atom is -0.488 e. The van der Waals surface area contributed by atoms with E-state index in [-0.39, 0.29) is 11.5 Å². The van der Waals surface area contributed by atoms with Crippen molar-refractivity contribution >= 4 is 27.3 Å². The van der Waals surface area contributed by atoms with Gasteiger partial charge in [0.25, 0.3) is 5.69 Å². The van der Waals surface area contributed by atoms with Gasteiger partial charge in [-0.05, 0) is 75.6 Å².